The van der Waals surface area contributed by atoms with Crippen LogP contribution in [0.3, 0.4) is 0 Å². The van der Waals surface area contributed by atoms with E-state index in [1.165, 1.54) is 238 Å². The van der Waals surface area contributed by atoms with Gasteiger partial charge in [-0.25, -0.2) is 4.79 Å². The number of aliphatic carboxylic acids is 1. The molecule has 0 spiro atoms. The number of carboxylic acids is 1. The first-order valence-electron chi connectivity index (χ1n) is 34.0. The summed E-state index contributed by atoms with van der Waals surface area (Å²) in [6.07, 6.45) is 60.4. The Kier molecular flexibility index (Phi) is 62.3. The molecule has 0 aliphatic heterocycles. The van der Waals surface area contributed by atoms with Gasteiger partial charge in [0, 0.05) is 32.3 Å². The van der Waals surface area contributed by atoms with Crippen molar-refractivity contribution in [1.29, 1.82) is 0 Å². The lowest BCUT2D eigenvalue weighted by Gasteiger charge is -2.26. The summed E-state index contributed by atoms with van der Waals surface area (Å²) in [4.78, 5) is 49.1. The average Bonchev–Trinajstić information content (AvgIpc) is 3.41. The number of hydrogen-bond acceptors (Lipinski definition) is 9. The minimum atomic E-state index is -1.26. The van der Waals surface area contributed by atoms with Gasteiger partial charge in [-0.3, -0.25) is 14.4 Å². The summed E-state index contributed by atoms with van der Waals surface area (Å²) in [6, 6.07) is 0. The summed E-state index contributed by atoms with van der Waals surface area (Å²) >= 11 is 0. The van der Waals surface area contributed by atoms with E-state index in [0.29, 0.717) is 25.9 Å². The van der Waals surface area contributed by atoms with Gasteiger partial charge in [-0.1, -0.05) is 310 Å². The quantitative estimate of drug-likeness (QED) is 0.0343. The van der Waals surface area contributed by atoms with Crippen molar-refractivity contribution in [2.45, 2.75) is 393 Å². The summed E-state index contributed by atoms with van der Waals surface area (Å²) in [7, 11) is 0. The predicted molar refractivity (Wildman–Crippen MR) is 328 cm³/mol. The molecule has 0 aromatic carbocycles. The minimum absolute atomic E-state index is 0.0611. The van der Waals surface area contributed by atoms with Gasteiger partial charge in [0.25, 0.3) is 0 Å². The molecule has 464 valence electrons. The van der Waals surface area contributed by atoms with Crippen molar-refractivity contribution in [3.8, 4) is 0 Å². The van der Waals surface area contributed by atoms with Crippen molar-refractivity contribution in [3.63, 3.8) is 0 Å². The SMILES string of the molecule is CCCCCCCCCCCCCCCCCC(=O)OCC(COC(=O)CCCCCCCCCCCCCCCCC)OC(=O)CCCCCCCCCCCCCCCCC.CCCCCOC(C)(CC(C)O)C(=O)O. The third-order valence-electron chi connectivity index (χ3n) is 15.4. The van der Waals surface area contributed by atoms with Crippen molar-refractivity contribution in [2.75, 3.05) is 19.8 Å². The number of aliphatic hydroxyl groups is 1. The minimum Gasteiger partial charge on any atom is -0.479 e. The molecule has 0 aliphatic carbocycles. The van der Waals surface area contributed by atoms with Crippen molar-refractivity contribution in [2.24, 2.45) is 0 Å². The summed E-state index contributed by atoms with van der Waals surface area (Å²) in [6.45, 7) is 12.3. The molecule has 0 saturated heterocycles. The van der Waals surface area contributed by atoms with Gasteiger partial charge < -0.3 is 29.2 Å². The zero-order valence-electron chi connectivity index (χ0n) is 52.7. The van der Waals surface area contributed by atoms with E-state index in [1.54, 1.807) is 6.92 Å². The molecule has 0 aliphatic rings. The highest BCUT2D eigenvalue weighted by molar-refractivity contribution is 5.77. The molecule has 2 atom stereocenters. The standard InChI is InChI=1S/C57H110O6.C11H22O4/c1-4-7-10-13-16-19-22-25-28-31-34-37-40-43-46-49-55(58)61-52-54(63-57(60)51-48-45-42-39-36-33-30-27-24-21-18-15-12-9-6-3)53-62-56(59)50-47-44-41-38-35-32-29-26-23-20-17-14-11-8-5-2;1-4-5-6-7-15-11(3,10(13)14)8-9(2)12/h54H,4-53H2,1-3H3;9,12H,4-8H2,1-3H3,(H,13,14). The van der Waals surface area contributed by atoms with Crippen LogP contribution in [0.4, 0.5) is 0 Å². The van der Waals surface area contributed by atoms with Gasteiger partial charge in [-0.05, 0) is 39.5 Å². The van der Waals surface area contributed by atoms with E-state index in [0.717, 1.165) is 77.0 Å². The second-order valence-corrected chi connectivity index (χ2v) is 23.7. The molecule has 0 saturated carbocycles. The largest absolute Gasteiger partial charge is 0.479 e. The van der Waals surface area contributed by atoms with Crippen LogP contribution in [-0.4, -0.2) is 71.7 Å². The van der Waals surface area contributed by atoms with Crippen LogP contribution in [-0.2, 0) is 38.1 Å². The molecule has 0 heterocycles. The van der Waals surface area contributed by atoms with E-state index in [-0.39, 0.29) is 37.5 Å². The average molecular weight is 1110 g/mol. The Bertz CT molecular complexity index is 1220. The summed E-state index contributed by atoms with van der Waals surface area (Å²) in [5, 5.41) is 18.2. The zero-order chi connectivity index (χ0) is 57.7. The molecule has 0 amide bonds. The fourth-order valence-corrected chi connectivity index (χ4v) is 10.2. The van der Waals surface area contributed by atoms with Crippen LogP contribution in [0.15, 0.2) is 0 Å². The van der Waals surface area contributed by atoms with Gasteiger partial charge in [-0.15, -0.1) is 0 Å². The van der Waals surface area contributed by atoms with Crippen LogP contribution in [0.5, 0.6) is 0 Å². The van der Waals surface area contributed by atoms with Crippen molar-refractivity contribution in [1.82, 2.24) is 0 Å². The van der Waals surface area contributed by atoms with E-state index >= 15 is 0 Å². The van der Waals surface area contributed by atoms with Gasteiger partial charge in [0.2, 0.25) is 0 Å². The smallest absolute Gasteiger partial charge is 0.335 e. The third-order valence-corrected chi connectivity index (χ3v) is 15.4. The van der Waals surface area contributed by atoms with Gasteiger partial charge in [0.15, 0.2) is 11.7 Å². The molecule has 0 bridgehead atoms. The fourth-order valence-electron chi connectivity index (χ4n) is 10.2. The number of ether oxygens (including phenoxy) is 4. The highest BCUT2D eigenvalue weighted by Crippen LogP contribution is 2.21. The molecule has 0 rings (SSSR count). The molecular formula is C68H132O10. The Morgan fingerprint density at radius 2 is 0.590 bits per heavy atom. The first kappa shape index (κ1) is 77.9. The molecule has 2 unspecified atom stereocenters. The van der Waals surface area contributed by atoms with Crippen LogP contribution in [0.2, 0.25) is 0 Å². The van der Waals surface area contributed by atoms with Crippen LogP contribution in [0.25, 0.3) is 0 Å². The maximum Gasteiger partial charge on any atom is 0.335 e. The monoisotopic (exact) mass is 1110 g/mol. The number of carboxylic acid groups (broad SMARTS) is 1. The maximum atomic E-state index is 12.8. The number of hydrogen-bond donors (Lipinski definition) is 2. The molecule has 0 aromatic rings. The van der Waals surface area contributed by atoms with Crippen molar-refractivity contribution < 1.29 is 48.3 Å². The van der Waals surface area contributed by atoms with Gasteiger partial charge in [0.05, 0.1) is 6.10 Å². The lowest BCUT2D eigenvalue weighted by atomic mass is 9.99. The van der Waals surface area contributed by atoms with Gasteiger partial charge >= 0.3 is 23.9 Å². The van der Waals surface area contributed by atoms with Crippen molar-refractivity contribution in [3.05, 3.63) is 0 Å². The molecular weight excluding hydrogens is 977 g/mol. The highest BCUT2D eigenvalue weighted by Gasteiger charge is 2.35. The molecule has 0 fully saturated rings. The third kappa shape index (κ3) is 59.9. The second kappa shape index (κ2) is 62.4. The topological polar surface area (TPSA) is 146 Å². The van der Waals surface area contributed by atoms with E-state index in [1.807, 2.05) is 0 Å². The van der Waals surface area contributed by atoms with Crippen molar-refractivity contribution >= 4 is 23.9 Å². The van der Waals surface area contributed by atoms with Crippen LogP contribution < -0.4 is 0 Å². The Morgan fingerprint density at radius 3 is 0.833 bits per heavy atom. The number of esters is 3. The van der Waals surface area contributed by atoms with E-state index in [2.05, 4.69) is 27.7 Å². The fraction of sp³-hybridized carbons (Fsp3) is 0.941. The second-order valence-electron chi connectivity index (χ2n) is 23.7. The van der Waals surface area contributed by atoms with E-state index in [4.69, 9.17) is 24.1 Å². The van der Waals surface area contributed by atoms with Crippen LogP contribution in [0.1, 0.15) is 375 Å². The highest BCUT2D eigenvalue weighted by atomic mass is 16.6. The number of carbonyl (C=O) groups excluding carboxylic acids is 3. The molecule has 2 N–H and O–H groups in total. The molecule has 0 radical (unpaired) electrons. The van der Waals surface area contributed by atoms with Crippen LogP contribution in [0, 0.1) is 0 Å². The number of carbonyl (C=O) groups is 4. The van der Waals surface area contributed by atoms with E-state index < -0.39 is 23.8 Å². The molecule has 10 heteroatoms. The lowest BCUT2D eigenvalue weighted by Crippen LogP contribution is -2.41. The Morgan fingerprint density at radius 1 is 0.359 bits per heavy atom. The molecule has 78 heavy (non-hydrogen) atoms. The summed E-state index contributed by atoms with van der Waals surface area (Å²) in [5.41, 5.74) is -1.26. The maximum absolute atomic E-state index is 12.8. The Labute approximate surface area is 483 Å². The van der Waals surface area contributed by atoms with Gasteiger partial charge in [-0.2, -0.15) is 0 Å². The van der Waals surface area contributed by atoms with Crippen LogP contribution >= 0.6 is 0 Å². The van der Waals surface area contributed by atoms with Gasteiger partial charge in [0.1, 0.15) is 13.2 Å². The Balaban J connectivity index is 0. The number of rotatable bonds is 61. The summed E-state index contributed by atoms with van der Waals surface area (Å²) in [5.74, 6) is -1.85. The Hall–Kier alpha value is -2.20. The first-order chi connectivity index (χ1) is 37.9. The lowest BCUT2D eigenvalue weighted by molar-refractivity contribution is -0.167. The zero-order valence-corrected chi connectivity index (χ0v) is 52.7. The van der Waals surface area contributed by atoms with E-state index in [9.17, 15) is 24.3 Å². The summed E-state index contributed by atoms with van der Waals surface area (Å²) < 4.78 is 22.2. The number of unbranched alkanes of at least 4 members (excludes halogenated alkanes) is 44. The number of aliphatic hydroxyl groups excluding tert-OH is 1. The predicted octanol–water partition coefficient (Wildman–Crippen LogP) is 20.6. The molecule has 10 nitrogen and oxygen atoms in total. The molecule has 0 aromatic heterocycles. The normalized spacial score (nSPS) is 12.5. The first-order valence-corrected chi connectivity index (χ1v) is 34.0.